The first-order valence-corrected chi connectivity index (χ1v) is 8.50. The molecule has 1 rings (SSSR count). The van der Waals surface area contributed by atoms with Gasteiger partial charge in [0, 0.05) is 5.41 Å². The van der Waals surface area contributed by atoms with Gasteiger partial charge in [0.15, 0.2) is 0 Å². The maximum absolute atomic E-state index is 12.8. The van der Waals surface area contributed by atoms with Crippen LogP contribution < -0.4 is 5.32 Å². The van der Waals surface area contributed by atoms with E-state index in [9.17, 15) is 9.59 Å². The number of ether oxygens (including phenoxy) is 2. The fourth-order valence-electron chi connectivity index (χ4n) is 2.35. The molecule has 0 unspecified atom stereocenters. The molecule has 5 nitrogen and oxygen atoms in total. The van der Waals surface area contributed by atoms with E-state index >= 15 is 0 Å². The molecule has 1 aromatic carbocycles. The quantitative estimate of drug-likeness (QED) is 0.828. The van der Waals surface area contributed by atoms with Crippen molar-refractivity contribution in [1.82, 2.24) is 5.32 Å². The molecule has 25 heavy (non-hydrogen) atoms. The van der Waals surface area contributed by atoms with Crippen molar-refractivity contribution < 1.29 is 19.1 Å². The second-order valence-electron chi connectivity index (χ2n) is 8.70. The van der Waals surface area contributed by atoms with Crippen LogP contribution in [-0.2, 0) is 19.7 Å². The molecule has 0 radical (unpaired) electrons. The molecule has 0 aliphatic carbocycles. The molecule has 0 aliphatic rings. The summed E-state index contributed by atoms with van der Waals surface area (Å²) in [6.45, 7) is 14.5. The van der Waals surface area contributed by atoms with Crippen molar-refractivity contribution in [2.75, 3.05) is 0 Å². The van der Waals surface area contributed by atoms with Gasteiger partial charge >= 0.3 is 12.1 Å². The third kappa shape index (κ3) is 6.77. The van der Waals surface area contributed by atoms with Gasteiger partial charge in [-0.25, -0.2) is 9.59 Å². The number of rotatable bonds is 4. The average molecular weight is 349 g/mol. The van der Waals surface area contributed by atoms with Gasteiger partial charge in [-0.1, -0.05) is 44.2 Å². The predicted molar refractivity (Wildman–Crippen MR) is 98.5 cm³/mol. The average Bonchev–Trinajstić information content (AvgIpc) is 2.41. The van der Waals surface area contributed by atoms with Crippen LogP contribution in [0.15, 0.2) is 30.3 Å². The van der Waals surface area contributed by atoms with Crippen molar-refractivity contribution in [1.29, 1.82) is 0 Å². The second kappa shape index (κ2) is 7.46. The lowest BCUT2D eigenvalue weighted by molar-refractivity contribution is -0.159. The van der Waals surface area contributed by atoms with Gasteiger partial charge in [0.05, 0.1) is 0 Å². The lowest BCUT2D eigenvalue weighted by Gasteiger charge is -2.36. The van der Waals surface area contributed by atoms with Gasteiger partial charge in [-0.3, -0.25) is 0 Å². The van der Waals surface area contributed by atoms with Gasteiger partial charge in [-0.05, 0) is 47.1 Å². The number of hydrogen-bond acceptors (Lipinski definition) is 4. The van der Waals surface area contributed by atoms with Crippen LogP contribution in [0.25, 0.3) is 0 Å². The Morgan fingerprint density at radius 3 is 1.76 bits per heavy atom. The summed E-state index contributed by atoms with van der Waals surface area (Å²) in [5, 5.41) is 2.70. The fraction of sp³-hybridized carbons (Fsp3) is 0.600. The van der Waals surface area contributed by atoms with Gasteiger partial charge in [0.1, 0.15) is 17.2 Å². The molecule has 1 amide bonds. The van der Waals surface area contributed by atoms with E-state index in [0.29, 0.717) is 0 Å². The smallest absolute Gasteiger partial charge is 0.408 e. The number of carbonyl (C=O) groups excluding carboxylic acids is 2. The van der Waals surface area contributed by atoms with Crippen molar-refractivity contribution in [2.24, 2.45) is 0 Å². The van der Waals surface area contributed by atoms with E-state index in [4.69, 9.17) is 9.47 Å². The molecule has 1 N–H and O–H groups in total. The Hall–Kier alpha value is -2.04. The van der Waals surface area contributed by atoms with Crippen molar-refractivity contribution >= 4 is 12.1 Å². The van der Waals surface area contributed by atoms with Crippen molar-refractivity contribution in [3.63, 3.8) is 0 Å². The molecule has 5 heteroatoms. The SMILES string of the molecule is CC(C)(C)OC(=O)N[C@H](C(=O)OC(C)(C)C)C(C)(C)c1ccccc1. The highest BCUT2D eigenvalue weighted by atomic mass is 16.6. The number of benzene rings is 1. The lowest BCUT2D eigenvalue weighted by atomic mass is 9.77. The Morgan fingerprint density at radius 2 is 1.32 bits per heavy atom. The normalized spacial score (nSPS) is 13.8. The van der Waals surface area contributed by atoms with Crippen LogP contribution in [0.3, 0.4) is 0 Å². The number of carbonyl (C=O) groups is 2. The maximum Gasteiger partial charge on any atom is 0.408 e. The molecule has 0 aliphatic heterocycles. The van der Waals surface area contributed by atoms with Crippen molar-refractivity contribution in [3.05, 3.63) is 35.9 Å². The summed E-state index contributed by atoms with van der Waals surface area (Å²) < 4.78 is 10.9. The molecule has 1 aromatic rings. The standard InChI is InChI=1S/C20H31NO4/c1-18(2,3)24-16(22)15(21-17(23)25-19(4,5)6)20(7,8)14-12-10-9-11-13-14/h9-13,15H,1-8H3,(H,21,23)/t15-/m1/s1. The zero-order valence-corrected chi connectivity index (χ0v) is 16.6. The van der Waals surface area contributed by atoms with Gasteiger partial charge in [0.2, 0.25) is 0 Å². The van der Waals surface area contributed by atoms with Crippen LogP contribution in [0.1, 0.15) is 61.0 Å². The molecular weight excluding hydrogens is 318 g/mol. The fourth-order valence-corrected chi connectivity index (χ4v) is 2.35. The number of nitrogens with one attached hydrogen (secondary N) is 1. The summed E-state index contributed by atoms with van der Waals surface area (Å²) in [6.07, 6.45) is -0.646. The molecule has 0 heterocycles. The second-order valence-corrected chi connectivity index (χ2v) is 8.70. The molecule has 140 valence electrons. The summed E-state index contributed by atoms with van der Waals surface area (Å²) in [7, 11) is 0. The van der Waals surface area contributed by atoms with Crippen LogP contribution in [0.5, 0.6) is 0 Å². The third-order valence-corrected chi connectivity index (χ3v) is 3.54. The van der Waals surface area contributed by atoms with Crippen LogP contribution >= 0.6 is 0 Å². The summed E-state index contributed by atoms with van der Waals surface area (Å²) >= 11 is 0. The monoisotopic (exact) mass is 349 g/mol. The minimum absolute atomic E-state index is 0.493. The van der Waals surface area contributed by atoms with E-state index in [1.807, 2.05) is 44.2 Å². The van der Waals surface area contributed by atoms with Crippen LogP contribution in [-0.4, -0.2) is 29.3 Å². The highest BCUT2D eigenvalue weighted by Gasteiger charge is 2.41. The number of alkyl carbamates (subject to hydrolysis) is 1. The molecule has 0 saturated carbocycles. The Kier molecular flexibility index (Phi) is 6.27. The molecule has 0 spiro atoms. The van der Waals surface area contributed by atoms with Gasteiger partial charge < -0.3 is 14.8 Å². The summed E-state index contributed by atoms with van der Waals surface area (Å²) in [4.78, 5) is 25.1. The van der Waals surface area contributed by atoms with Gasteiger partial charge in [0.25, 0.3) is 0 Å². The van der Waals surface area contributed by atoms with E-state index in [1.165, 1.54) is 0 Å². The molecule has 0 fully saturated rings. The number of hydrogen-bond donors (Lipinski definition) is 1. The Bertz CT molecular complexity index is 594. The summed E-state index contributed by atoms with van der Waals surface area (Å²) in [5.41, 5.74) is -1.07. The summed E-state index contributed by atoms with van der Waals surface area (Å²) in [6, 6.07) is 8.67. The Morgan fingerprint density at radius 1 is 0.840 bits per heavy atom. The van der Waals surface area contributed by atoms with Gasteiger partial charge in [-0.2, -0.15) is 0 Å². The first-order chi connectivity index (χ1) is 11.2. The van der Waals surface area contributed by atoms with E-state index in [0.717, 1.165) is 5.56 Å². The lowest BCUT2D eigenvalue weighted by Crippen LogP contribution is -2.55. The van der Waals surface area contributed by atoms with Crippen molar-refractivity contribution in [3.8, 4) is 0 Å². The van der Waals surface area contributed by atoms with Crippen LogP contribution in [0, 0.1) is 0 Å². The van der Waals surface area contributed by atoms with Crippen LogP contribution in [0.2, 0.25) is 0 Å². The van der Waals surface area contributed by atoms with E-state index in [1.54, 1.807) is 41.5 Å². The molecular formula is C20H31NO4. The topological polar surface area (TPSA) is 64.6 Å². The molecule has 0 aromatic heterocycles. The summed E-state index contributed by atoms with van der Waals surface area (Å²) in [5.74, 6) is -0.493. The molecule has 0 saturated heterocycles. The van der Waals surface area contributed by atoms with Crippen molar-refractivity contribution in [2.45, 2.75) is 78.0 Å². The predicted octanol–water partition coefficient (Wildman–Crippen LogP) is 4.20. The number of amides is 1. The van der Waals surface area contributed by atoms with E-state index < -0.39 is 34.7 Å². The first-order valence-electron chi connectivity index (χ1n) is 8.50. The third-order valence-electron chi connectivity index (χ3n) is 3.54. The highest BCUT2D eigenvalue weighted by Crippen LogP contribution is 2.29. The van der Waals surface area contributed by atoms with Gasteiger partial charge in [-0.15, -0.1) is 0 Å². The Balaban J connectivity index is 3.14. The largest absolute Gasteiger partial charge is 0.458 e. The first kappa shape index (κ1) is 21.0. The minimum Gasteiger partial charge on any atom is -0.458 e. The molecule has 0 bridgehead atoms. The minimum atomic E-state index is -0.885. The Labute approximate surface area is 151 Å². The van der Waals surface area contributed by atoms with E-state index in [2.05, 4.69) is 5.32 Å². The zero-order chi connectivity index (χ0) is 19.5. The zero-order valence-electron chi connectivity index (χ0n) is 16.6. The maximum atomic E-state index is 12.8. The van der Waals surface area contributed by atoms with Crippen LogP contribution in [0.4, 0.5) is 4.79 Å². The molecule has 1 atom stereocenters. The van der Waals surface area contributed by atoms with E-state index in [-0.39, 0.29) is 0 Å². The highest BCUT2D eigenvalue weighted by molar-refractivity contribution is 5.83. The number of esters is 1.